The van der Waals surface area contributed by atoms with Crippen molar-refractivity contribution in [3.63, 3.8) is 0 Å². The molecule has 0 radical (unpaired) electrons. The normalized spacial score (nSPS) is 19.8. The Morgan fingerprint density at radius 2 is 2.05 bits per heavy atom. The zero-order valence-corrected chi connectivity index (χ0v) is 12.8. The van der Waals surface area contributed by atoms with Crippen LogP contribution in [0, 0.1) is 6.92 Å². The van der Waals surface area contributed by atoms with Gasteiger partial charge in [0.25, 0.3) is 0 Å². The highest BCUT2D eigenvalue weighted by atomic mass is 35.5. The third-order valence-electron chi connectivity index (χ3n) is 3.03. The summed E-state index contributed by atoms with van der Waals surface area (Å²) in [5.74, 6) is 0. The molecule has 1 aromatic carbocycles. The molecule has 1 fully saturated rings. The zero-order chi connectivity index (χ0) is 14.0. The predicted molar refractivity (Wildman–Crippen MR) is 75.4 cm³/mol. The Balaban J connectivity index is 2.16. The highest BCUT2D eigenvalue weighted by Gasteiger charge is 2.22. The van der Waals surface area contributed by atoms with E-state index < -0.39 is 10.0 Å². The molecule has 1 aliphatic heterocycles. The minimum atomic E-state index is -3.59. The summed E-state index contributed by atoms with van der Waals surface area (Å²) >= 11 is 11.7. The predicted octanol–water partition coefficient (Wildman–Crippen LogP) is 2.76. The maximum absolute atomic E-state index is 12.2. The molecule has 0 spiro atoms. The average Bonchev–Trinajstić information content (AvgIpc) is 2.84. The van der Waals surface area contributed by atoms with Crippen LogP contribution in [0.15, 0.2) is 17.0 Å². The van der Waals surface area contributed by atoms with Crippen LogP contribution in [0.25, 0.3) is 0 Å². The number of ether oxygens (including phenoxy) is 1. The van der Waals surface area contributed by atoms with Gasteiger partial charge in [0, 0.05) is 13.2 Å². The monoisotopic (exact) mass is 323 g/mol. The molecule has 2 rings (SSSR count). The van der Waals surface area contributed by atoms with Crippen molar-refractivity contribution in [1.29, 1.82) is 0 Å². The van der Waals surface area contributed by atoms with Crippen LogP contribution in [-0.4, -0.2) is 27.7 Å². The molecule has 0 aromatic heterocycles. The molecular weight excluding hydrogens is 309 g/mol. The second-order valence-corrected chi connectivity index (χ2v) is 7.07. The van der Waals surface area contributed by atoms with E-state index in [0.717, 1.165) is 12.8 Å². The van der Waals surface area contributed by atoms with Crippen molar-refractivity contribution in [1.82, 2.24) is 4.72 Å². The molecule has 1 heterocycles. The Kier molecular flexibility index (Phi) is 4.74. The van der Waals surface area contributed by atoms with Gasteiger partial charge in [0.2, 0.25) is 10.0 Å². The zero-order valence-electron chi connectivity index (χ0n) is 10.4. The highest BCUT2D eigenvalue weighted by molar-refractivity contribution is 7.89. The molecule has 0 bridgehead atoms. The van der Waals surface area contributed by atoms with E-state index in [9.17, 15) is 8.42 Å². The number of halogens is 2. The van der Waals surface area contributed by atoms with Crippen molar-refractivity contribution in [2.24, 2.45) is 0 Å². The molecule has 19 heavy (non-hydrogen) atoms. The van der Waals surface area contributed by atoms with Crippen molar-refractivity contribution >= 4 is 33.2 Å². The summed E-state index contributed by atoms with van der Waals surface area (Å²) in [6, 6.07) is 2.92. The SMILES string of the molecule is Cc1cc(Cl)c(Cl)cc1S(=O)(=O)NC[C@@H]1CCCO1. The average molecular weight is 324 g/mol. The first-order chi connectivity index (χ1) is 8.90. The number of nitrogens with one attached hydrogen (secondary N) is 1. The van der Waals surface area contributed by atoms with Gasteiger partial charge in [0.05, 0.1) is 21.0 Å². The molecule has 106 valence electrons. The smallest absolute Gasteiger partial charge is 0.240 e. The first-order valence-electron chi connectivity index (χ1n) is 5.97. The molecule has 1 saturated heterocycles. The lowest BCUT2D eigenvalue weighted by Crippen LogP contribution is -2.32. The number of aryl methyl sites for hydroxylation is 1. The van der Waals surface area contributed by atoms with Crippen LogP contribution < -0.4 is 4.72 Å². The van der Waals surface area contributed by atoms with E-state index in [2.05, 4.69) is 4.72 Å². The van der Waals surface area contributed by atoms with E-state index in [4.69, 9.17) is 27.9 Å². The molecule has 1 N–H and O–H groups in total. The maximum Gasteiger partial charge on any atom is 0.240 e. The van der Waals surface area contributed by atoms with Gasteiger partial charge >= 0.3 is 0 Å². The quantitative estimate of drug-likeness (QED) is 0.926. The first kappa shape index (κ1) is 15.1. The Labute approximate surface area is 123 Å². The van der Waals surface area contributed by atoms with Crippen LogP contribution in [0.4, 0.5) is 0 Å². The van der Waals surface area contributed by atoms with Crippen LogP contribution in [0.2, 0.25) is 10.0 Å². The summed E-state index contributed by atoms with van der Waals surface area (Å²) in [7, 11) is -3.59. The molecule has 0 amide bonds. The fraction of sp³-hybridized carbons (Fsp3) is 0.500. The largest absolute Gasteiger partial charge is 0.377 e. The highest BCUT2D eigenvalue weighted by Crippen LogP contribution is 2.28. The van der Waals surface area contributed by atoms with Gasteiger partial charge in [-0.1, -0.05) is 23.2 Å². The van der Waals surface area contributed by atoms with Crippen molar-refractivity contribution in [3.8, 4) is 0 Å². The number of rotatable bonds is 4. The molecule has 0 aliphatic carbocycles. The van der Waals surface area contributed by atoms with Crippen molar-refractivity contribution in [2.75, 3.05) is 13.2 Å². The van der Waals surface area contributed by atoms with Gasteiger partial charge in [-0.3, -0.25) is 0 Å². The molecule has 1 aliphatic rings. The Morgan fingerprint density at radius 1 is 1.37 bits per heavy atom. The molecule has 7 heteroatoms. The van der Waals surface area contributed by atoms with Gasteiger partial charge in [0.1, 0.15) is 0 Å². The fourth-order valence-electron chi connectivity index (χ4n) is 2.00. The summed E-state index contributed by atoms with van der Waals surface area (Å²) in [6.45, 7) is 2.66. The molecular formula is C12H15Cl2NO3S. The topological polar surface area (TPSA) is 55.4 Å². The molecule has 0 saturated carbocycles. The van der Waals surface area contributed by atoms with Crippen LogP contribution in [0.5, 0.6) is 0 Å². The first-order valence-corrected chi connectivity index (χ1v) is 8.21. The van der Waals surface area contributed by atoms with E-state index in [1.807, 2.05) is 0 Å². The standard InChI is InChI=1S/C12H15Cl2NO3S/c1-8-5-10(13)11(14)6-12(8)19(16,17)15-7-9-3-2-4-18-9/h5-6,9,15H,2-4,7H2,1H3/t9-/m0/s1. The van der Waals surface area contributed by atoms with Crippen LogP contribution in [0.3, 0.4) is 0 Å². The van der Waals surface area contributed by atoms with Crippen LogP contribution >= 0.6 is 23.2 Å². The minimum Gasteiger partial charge on any atom is -0.377 e. The third-order valence-corrected chi connectivity index (χ3v) is 5.32. The molecule has 0 unspecified atom stereocenters. The second kappa shape index (κ2) is 5.97. The molecule has 1 aromatic rings. The number of hydrogen-bond donors (Lipinski definition) is 1. The summed E-state index contributed by atoms with van der Waals surface area (Å²) < 4.78 is 32.3. The van der Waals surface area contributed by atoms with Crippen LogP contribution in [0.1, 0.15) is 18.4 Å². The van der Waals surface area contributed by atoms with Crippen molar-refractivity contribution in [3.05, 3.63) is 27.7 Å². The van der Waals surface area contributed by atoms with Crippen LogP contribution in [-0.2, 0) is 14.8 Å². The van der Waals surface area contributed by atoms with E-state index in [-0.39, 0.29) is 22.6 Å². The van der Waals surface area contributed by atoms with Gasteiger partial charge in [-0.05, 0) is 37.5 Å². The number of hydrogen-bond acceptors (Lipinski definition) is 3. The van der Waals surface area contributed by atoms with E-state index in [1.165, 1.54) is 6.07 Å². The van der Waals surface area contributed by atoms with E-state index in [1.54, 1.807) is 13.0 Å². The summed E-state index contributed by atoms with van der Waals surface area (Å²) in [5, 5.41) is 0.571. The van der Waals surface area contributed by atoms with Gasteiger partial charge in [0.15, 0.2) is 0 Å². The lowest BCUT2D eigenvalue weighted by Gasteiger charge is -2.13. The number of benzene rings is 1. The Hall–Kier alpha value is -0.330. The fourth-order valence-corrected chi connectivity index (χ4v) is 3.77. The van der Waals surface area contributed by atoms with Gasteiger partial charge in [-0.25, -0.2) is 13.1 Å². The lowest BCUT2D eigenvalue weighted by molar-refractivity contribution is 0.114. The van der Waals surface area contributed by atoms with Crippen molar-refractivity contribution < 1.29 is 13.2 Å². The van der Waals surface area contributed by atoms with Gasteiger partial charge in [-0.2, -0.15) is 0 Å². The summed E-state index contributed by atoms with van der Waals surface area (Å²) in [6.07, 6.45) is 1.80. The second-order valence-electron chi connectivity index (χ2n) is 4.52. The number of sulfonamides is 1. The van der Waals surface area contributed by atoms with Gasteiger partial charge in [-0.15, -0.1) is 0 Å². The van der Waals surface area contributed by atoms with Gasteiger partial charge < -0.3 is 4.74 Å². The Morgan fingerprint density at radius 3 is 2.68 bits per heavy atom. The molecule has 4 nitrogen and oxygen atoms in total. The van der Waals surface area contributed by atoms with E-state index >= 15 is 0 Å². The summed E-state index contributed by atoms with van der Waals surface area (Å²) in [4.78, 5) is 0.153. The van der Waals surface area contributed by atoms with Crippen molar-refractivity contribution in [2.45, 2.75) is 30.8 Å². The maximum atomic E-state index is 12.2. The minimum absolute atomic E-state index is 0.0437. The lowest BCUT2D eigenvalue weighted by atomic mass is 10.2. The summed E-state index contributed by atoms with van der Waals surface area (Å²) in [5.41, 5.74) is 0.564. The Bertz CT molecular complexity index is 569. The molecule has 1 atom stereocenters. The third kappa shape index (κ3) is 3.61. The van der Waals surface area contributed by atoms with E-state index in [0.29, 0.717) is 17.2 Å².